The predicted octanol–water partition coefficient (Wildman–Crippen LogP) is 1.77. The molecule has 1 aromatic carbocycles. The Balaban J connectivity index is 3.38. The standard InChI is InChI=1S/C8H8ClFN2O/c1-13-5-3-2-4(10)6(7(5)9)8(11)12/h2-3H,1H3,(H3,11,12). The first kappa shape index (κ1) is 9.80. The third-order valence-electron chi connectivity index (χ3n) is 1.54. The highest BCUT2D eigenvalue weighted by molar-refractivity contribution is 6.35. The van der Waals surface area contributed by atoms with Crippen LogP contribution in [0.3, 0.4) is 0 Å². The number of ether oxygens (including phenoxy) is 1. The van der Waals surface area contributed by atoms with Gasteiger partial charge >= 0.3 is 0 Å². The van der Waals surface area contributed by atoms with E-state index in [1.807, 2.05) is 0 Å². The van der Waals surface area contributed by atoms with Crippen LogP contribution in [0, 0.1) is 11.2 Å². The first-order valence-electron chi connectivity index (χ1n) is 3.44. The van der Waals surface area contributed by atoms with Crippen molar-refractivity contribution in [3.63, 3.8) is 0 Å². The van der Waals surface area contributed by atoms with Crippen LogP contribution in [0.15, 0.2) is 12.1 Å². The molecule has 70 valence electrons. The molecule has 0 aliphatic carbocycles. The minimum Gasteiger partial charge on any atom is -0.495 e. The molecular weight excluding hydrogens is 195 g/mol. The van der Waals surface area contributed by atoms with Crippen molar-refractivity contribution >= 4 is 17.4 Å². The van der Waals surface area contributed by atoms with E-state index >= 15 is 0 Å². The Bertz CT molecular complexity index is 354. The van der Waals surface area contributed by atoms with Crippen molar-refractivity contribution in [3.05, 3.63) is 28.5 Å². The third kappa shape index (κ3) is 1.72. The highest BCUT2D eigenvalue weighted by atomic mass is 35.5. The summed E-state index contributed by atoms with van der Waals surface area (Å²) < 4.78 is 17.9. The molecule has 0 bridgehead atoms. The van der Waals surface area contributed by atoms with Crippen LogP contribution >= 0.6 is 11.6 Å². The largest absolute Gasteiger partial charge is 0.495 e. The van der Waals surface area contributed by atoms with Crippen LogP contribution in [0.25, 0.3) is 0 Å². The molecule has 0 fully saturated rings. The van der Waals surface area contributed by atoms with Crippen molar-refractivity contribution in [3.8, 4) is 5.75 Å². The van der Waals surface area contributed by atoms with Gasteiger partial charge in [-0.05, 0) is 12.1 Å². The van der Waals surface area contributed by atoms with Crippen molar-refractivity contribution in [2.75, 3.05) is 7.11 Å². The maximum absolute atomic E-state index is 13.1. The number of halogens is 2. The Morgan fingerprint density at radius 3 is 2.69 bits per heavy atom. The summed E-state index contributed by atoms with van der Waals surface area (Å²) in [6.45, 7) is 0. The number of nitrogen functional groups attached to an aromatic ring is 1. The van der Waals surface area contributed by atoms with E-state index in [1.165, 1.54) is 13.2 Å². The SMILES string of the molecule is COc1ccc(F)c(C(=N)N)c1Cl. The molecule has 1 aromatic rings. The van der Waals surface area contributed by atoms with Gasteiger partial charge in [0.2, 0.25) is 0 Å². The Morgan fingerprint density at radius 2 is 2.23 bits per heavy atom. The van der Waals surface area contributed by atoms with Gasteiger partial charge in [0.05, 0.1) is 17.7 Å². The summed E-state index contributed by atoms with van der Waals surface area (Å²) in [5.74, 6) is -0.743. The van der Waals surface area contributed by atoms with Gasteiger partial charge < -0.3 is 10.5 Å². The van der Waals surface area contributed by atoms with Crippen molar-refractivity contribution in [2.24, 2.45) is 5.73 Å². The summed E-state index contributed by atoms with van der Waals surface area (Å²) in [6.07, 6.45) is 0. The van der Waals surface area contributed by atoms with Gasteiger partial charge in [-0.1, -0.05) is 11.6 Å². The Labute approximate surface area is 79.8 Å². The van der Waals surface area contributed by atoms with Crippen LogP contribution in [0.5, 0.6) is 5.75 Å². The lowest BCUT2D eigenvalue weighted by Crippen LogP contribution is -2.14. The second-order valence-electron chi connectivity index (χ2n) is 2.35. The van der Waals surface area contributed by atoms with Crippen molar-refractivity contribution in [1.29, 1.82) is 5.41 Å². The first-order chi connectivity index (χ1) is 6.07. The molecule has 0 atom stereocenters. The molecule has 0 unspecified atom stereocenters. The summed E-state index contributed by atoms with van der Waals surface area (Å²) >= 11 is 5.72. The van der Waals surface area contributed by atoms with E-state index in [2.05, 4.69) is 0 Å². The zero-order valence-electron chi connectivity index (χ0n) is 6.90. The van der Waals surface area contributed by atoms with Crippen molar-refractivity contribution in [1.82, 2.24) is 0 Å². The number of amidine groups is 1. The lowest BCUT2D eigenvalue weighted by atomic mass is 10.2. The first-order valence-corrected chi connectivity index (χ1v) is 3.82. The summed E-state index contributed by atoms with van der Waals surface area (Å²) in [5, 5.41) is 7.11. The van der Waals surface area contributed by atoms with Gasteiger partial charge in [-0.2, -0.15) is 0 Å². The molecule has 3 N–H and O–H groups in total. The number of nitrogens with one attached hydrogen (secondary N) is 1. The summed E-state index contributed by atoms with van der Waals surface area (Å²) in [5.41, 5.74) is 5.02. The smallest absolute Gasteiger partial charge is 0.138 e. The average Bonchev–Trinajstić information content (AvgIpc) is 2.04. The maximum Gasteiger partial charge on any atom is 0.138 e. The average molecular weight is 203 g/mol. The molecule has 0 saturated heterocycles. The number of hydrogen-bond acceptors (Lipinski definition) is 2. The molecule has 3 nitrogen and oxygen atoms in total. The number of rotatable bonds is 2. The number of benzene rings is 1. The van der Waals surface area contributed by atoms with E-state index in [-0.39, 0.29) is 10.6 Å². The molecule has 0 aliphatic rings. The van der Waals surface area contributed by atoms with Crippen LogP contribution in [0.1, 0.15) is 5.56 Å². The van der Waals surface area contributed by atoms with Crippen LogP contribution in [-0.2, 0) is 0 Å². The molecular formula is C8H8ClFN2O. The zero-order valence-corrected chi connectivity index (χ0v) is 7.65. The molecule has 0 amide bonds. The van der Waals surface area contributed by atoms with Gasteiger partial charge in [-0.15, -0.1) is 0 Å². The molecule has 13 heavy (non-hydrogen) atoms. The monoisotopic (exact) mass is 202 g/mol. The Morgan fingerprint density at radius 1 is 1.62 bits per heavy atom. The zero-order chi connectivity index (χ0) is 10.0. The fraction of sp³-hybridized carbons (Fsp3) is 0.125. The minimum absolute atomic E-state index is 0.0231. The summed E-state index contributed by atoms with van der Waals surface area (Å²) in [6, 6.07) is 2.53. The molecule has 0 aromatic heterocycles. The molecule has 0 spiro atoms. The minimum atomic E-state index is -0.627. The van der Waals surface area contributed by atoms with Gasteiger partial charge in [-0.3, -0.25) is 5.41 Å². The molecule has 5 heteroatoms. The lowest BCUT2D eigenvalue weighted by Gasteiger charge is -2.07. The highest BCUT2D eigenvalue weighted by Crippen LogP contribution is 2.29. The van der Waals surface area contributed by atoms with Crippen LogP contribution in [0.4, 0.5) is 4.39 Å². The van der Waals surface area contributed by atoms with Crippen LogP contribution < -0.4 is 10.5 Å². The quantitative estimate of drug-likeness (QED) is 0.567. The highest BCUT2D eigenvalue weighted by Gasteiger charge is 2.14. The third-order valence-corrected chi connectivity index (χ3v) is 1.92. The van der Waals surface area contributed by atoms with Crippen molar-refractivity contribution in [2.45, 2.75) is 0 Å². The Kier molecular flexibility index (Phi) is 2.72. The van der Waals surface area contributed by atoms with Crippen LogP contribution in [0.2, 0.25) is 5.02 Å². The predicted molar refractivity (Wildman–Crippen MR) is 49.0 cm³/mol. The van der Waals surface area contributed by atoms with E-state index in [1.54, 1.807) is 0 Å². The van der Waals surface area contributed by atoms with E-state index in [0.717, 1.165) is 6.07 Å². The topological polar surface area (TPSA) is 59.1 Å². The van der Waals surface area contributed by atoms with Crippen LogP contribution in [-0.4, -0.2) is 12.9 Å². The summed E-state index contributed by atoms with van der Waals surface area (Å²) in [4.78, 5) is 0. The van der Waals surface area contributed by atoms with Gasteiger partial charge in [-0.25, -0.2) is 4.39 Å². The molecule has 0 radical (unpaired) electrons. The number of hydrogen-bond donors (Lipinski definition) is 2. The maximum atomic E-state index is 13.1. The normalized spacial score (nSPS) is 9.77. The second-order valence-corrected chi connectivity index (χ2v) is 2.73. The van der Waals surface area contributed by atoms with E-state index in [9.17, 15) is 4.39 Å². The van der Waals surface area contributed by atoms with E-state index in [0.29, 0.717) is 5.75 Å². The van der Waals surface area contributed by atoms with Gasteiger partial charge in [0.15, 0.2) is 0 Å². The molecule has 0 aliphatic heterocycles. The number of methoxy groups -OCH3 is 1. The Hall–Kier alpha value is -1.29. The molecule has 1 rings (SSSR count). The summed E-state index contributed by atoms with van der Waals surface area (Å²) in [7, 11) is 1.41. The molecule has 0 heterocycles. The van der Waals surface area contributed by atoms with Gasteiger partial charge in [0, 0.05) is 0 Å². The lowest BCUT2D eigenvalue weighted by molar-refractivity contribution is 0.413. The van der Waals surface area contributed by atoms with E-state index in [4.69, 9.17) is 27.5 Å². The number of nitrogens with two attached hydrogens (primary N) is 1. The second kappa shape index (κ2) is 3.62. The van der Waals surface area contributed by atoms with Gasteiger partial charge in [0.25, 0.3) is 0 Å². The van der Waals surface area contributed by atoms with E-state index < -0.39 is 11.7 Å². The fourth-order valence-corrected chi connectivity index (χ4v) is 1.27. The molecule has 0 saturated carbocycles. The van der Waals surface area contributed by atoms with Gasteiger partial charge in [0.1, 0.15) is 17.4 Å². The fourth-order valence-electron chi connectivity index (χ4n) is 0.938. The van der Waals surface area contributed by atoms with Crippen molar-refractivity contribution < 1.29 is 9.13 Å².